The van der Waals surface area contributed by atoms with Gasteiger partial charge in [-0.2, -0.15) is 0 Å². The van der Waals surface area contributed by atoms with Gasteiger partial charge in [0.05, 0.1) is 6.10 Å². The molecular weight excluding hydrogens is 184 g/mol. The van der Waals surface area contributed by atoms with Gasteiger partial charge in [0.15, 0.2) is 0 Å². The van der Waals surface area contributed by atoms with Crippen LogP contribution in [0.2, 0.25) is 0 Å². The molecule has 84 valence electrons. The van der Waals surface area contributed by atoms with Crippen LogP contribution in [0.3, 0.4) is 0 Å². The minimum absolute atomic E-state index is 0.188. The minimum Gasteiger partial charge on any atom is -0.393 e. The summed E-state index contributed by atoms with van der Waals surface area (Å²) in [6.07, 6.45) is 5.11. The summed E-state index contributed by atoms with van der Waals surface area (Å²) in [5.74, 6) is 0. The van der Waals surface area contributed by atoms with Gasteiger partial charge < -0.3 is 5.11 Å². The molecule has 1 aromatic carbocycles. The Hall–Kier alpha value is -0.820. The third kappa shape index (κ3) is 4.48. The molecule has 0 bridgehead atoms. The lowest BCUT2D eigenvalue weighted by molar-refractivity contribution is 0.171. The van der Waals surface area contributed by atoms with Crippen LogP contribution in [0.4, 0.5) is 0 Å². The normalized spacial score (nSPS) is 12.7. The standard InChI is InChI=1S/C14H22O/c1-3-5-6-12-7-9-13(10-8-12)11-14(15)4-2/h7-10,14-15H,3-6,11H2,1-2H3/t14-/m0/s1. The number of aliphatic hydroxyl groups is 1. The molecule has 0 amide bonds. The van der Waals surface area contributed by atoms with Gasteiger partial charge in [-0.15, -0.1) is 0 Å². The first kappa shape index (κ1) is 12.3. The summed E-state index contributed by atoms with van der Waals surface area (Å²) in [4.78, 5) is 0. The zero-order valence-electron chi connectivity index (χ0n) is 9.87. The highest BCUT2D eigenvalue weighted by Gasteiger charge is 2.02. The Morgan fingerprint density at radius 1 is 1.07 bits per heavy atom. The van der Waals surface area contributed by atoms with E-state index in [1.165, 1.54) is 30.4 Å². The van der Waals surface area contributed by atoms with Crippen molar-refractivity contribution >= 4 is 0 Å². The molecular formula is C14H22O. The average molecular weight is 206 g/mol. The molecule has 0 aliphatic carbocycles. The lowest BCUT2D eigenvalue weighted by Crippen LogP contribution is -2.08. The third-order valence-electron chi connectivity index (χ3n) is 2.78. The topological polar surface area (TPSA) is 20.2 Å². The van der Waals surface area contributed by atoms with Gasteiger partial charge in [0.1, 0.15) is 0 Å². The largest absolute Gasteiger partial charge is 0.393 e. The summed E-state index contributed by atoms with van der Waals surface area (Å²) < 4.78 is 0. The van der Waals surface area contributed by atoms with Crippen LogP contribution in [0.25, 0.3) is 0 Å². The molecule has 1 N–H and O–H groups in total. The van der Waals surface area contributed by atoms with Crippen LogP contribution < -0.4 is 0 Å². The molecule has 0 saturated heterocycles. The van der Waals surface area contributed by atoms with Gasteiger partial charge in [0.2, 0.25) is 0 Å². The van der Waals surface area contributed by atoms with E-state index in [2.05, 4.69) is 31.2 Å². The predicted molar refractivity (Wildman–Crippen MR) is 65.1 cm³/mol. The maximum atomic E-state index is 9.52. The molecule has 0 heterocycles. The zero-order chi connectivity index (χ0) is 11.1. The van der Waals surface area contributed by atoms with Crippen LogP contribution in [0.5, 0.6) is 0 Å². The van der Waals surface area contributed by atoms with Crippen LogP contribution in [0, 0.1) is 0 Å². The number of hydrogen-bond donors (Lipinski definition) is 1. The van der Waals surface area contributed by atoms with Crippen LogP contribution in [-0.2, 0) is 12.8 Å². The number of unbranched alkanes of at least 4 members (excludes halogenated alkanes) is 1. The first-order valence-corrected chi connectivity index (χ1v) is 6.02. The van der Waals surface area contributed by atoms with Crippen LogP contribution in [-0.4, -0.2) is 11.2 Å². The smallest absolute Gasteiger partial charge is 0.0577 e. The molecule has 0 spiro atoms. The quantitative estimate of drug-likeness (QED) is 0.757. The Bertz CT molecular complexity index is 263. The molecule has 0 fully saturated rings. The van der Waals surface area contributed by atoms with Gasteiger partial charge in [-0.1, -0.05) is 44.5 Å². The van der Waals surface area contributed by atoms with Gasteiger partial charge in [-0.05, 0) is 36.8 Å². The molecule has 0 saturated carbocycles. The Labute approximate surface area is 93.1 Å². The van der Waals surface area contributed by atoms with E-state index in [0.29, 0.717) is 0 Å². The summed E-state index contributed by atoms with van der Waals surface area (Å²) >= 11 is 0. The summed E-state index contributed by atoms with van der Waals surface area (Å²) in [6.45, 7) is 4.23. The van der Waals surface area contributed by atoms with Gasteiger partial charge in [0.25, 0.3) is 0 Å². The fourth-order valence-electron chi connectivity index (χ4n) is 1.64. The van der Waals surface area contributed by atoms with Crippen LogP contribution in [0.15, 0.2) is 24.3 Å². The fraction of sp³-hybridized carbons (Fsp3) is 0.571. The second-order valence-electron chi connectivity index (χ2n) is 4.19. The van der Waals surface area contributed by atoms with Crippen molar-refractivity contribution in [1.29, 1.82) is 0 Å². The van der Waals surface area contributed by atoms with Crippen LogP contribution in [0.1, 0.15) is 44.2 Å². The summed E-state index contributed by atoms with van der Waals surface area (Å²) in [5, 5.41) is 9.52. The molecule has 0 radical (unpaired) electrons. The first-order chi connectivity index (χ1) is 7.26. The van der Waals surface area contributed by atoms with Crippen molar-refractivity contribution in [1.82, 2.24) is 0 Å². The lowest BCUT2D eigenvalue weighted by Gasteiger charge is -2.08. The molecule has 0 unspecified atom stereocenters. The number of aryl methyl sites for hydroxylation is 1. The van der Waals surface area contributed by atoms with Crippen molar-refractivity contribution in [2.45, 2.75) is 52.1 Å². The second-order valence-corrected chi connectivity index (χ2v) is 4.19. The van der Waals surface area contributed by atoms with E-state index in [1.54, 1.807) is 0 Å². The van der Waals surface area contributed by atoms with Crippen molar-refractivity contribution < 1.29 is 5.11 Å². The number of aliphatic hydroxyl groups excluding tert-OH is 1. The maximum Gasteiger partial charge on any atom is 0.0577 e. The number of benzene rings is 1. The number of rotatable bonds is 6. The zero-order valence-corrected chi connectivity index (χ0v) is 9.87. The Morgan fingerprint density at radius 3 is 2.20 bits per heavy atom. The highest BCUT2D eigenvalue weighted by Crippen LogP contribution is 2.10. The molecule has 1 nitrogen and oxygen atoms in total. The summed E-state index contributed by atoms with van der Waals surface area (Å²) in [5.41, 5.74) is 2.65. The average Bonchev–Trinajstić information content (AvgIpc) is 2.28. The van der Waals surface area contributed by atoms with Gasteiger partial charge >= 0.3 is 0 Å². The molecule has 1 atom stereocenters. The fourth-order valence-corrected chi connectivity index (χ4v) is 1.64. The molecule has 0 aliphatic rings. The first-order valence-electron chi connectivity index (χ1n) is 6.02. The Morgan fingerprint density at radius 2 is 1.67 bits per heavy atom. The van der Waals surface area contributed by atoms with Crippen molar-refractivity contribution in [3.8, 4) is 0 Å². The minimum atomic E-state index is -0.188. The highest BCUT2D eigenvalue weighted by molar-refractivity contribution is 5.23. The molecule has 1 aromatic rings. The van der Waals surface area contributed by atoms with Gasteiger partial charge in [-0.25, -0.2) is 0 Å². The highest BCUT2D eigenvalue weighted by atomic mass is 16.3. The van der Waals surface area contributed by atoms with Gasteiger partial charge in [0, 0.05) is 0 Å². The summed E-state index contributed by atoms with van der Waals surface area (Å²) in [7, 11) is 0. The van der Waals surface area contributed by atoms with Crippen molar-refractivity contribution in [3.05, 3.63) is 35.4 Å². The molecule has 1 heteroatoms. The van der Waals surface area contributed by atoms with Crippen molar-refractivity contribution in [3.63, 3.8) is 0 Å². The van der Waals surface area contributed by atoms with E-state index in [4.69, 9.17) is 0 Å². The van der Waals surface area contributed by atoms with E-state index in [-0.39, 0.29) is 6.10 Å². The molecule has 0 aliphatic heterocycles. The maximum absolute atomic E-state index is 9.52. The number of hydrogen-bond acceptors (Lipinski definition) is 1. The molecule has 0 aromatic heterocycles. The second kappa shape index (κ2) is 6.62. The van der Waals surface area contributed by atoms with E-state index < -0.39 is 0 Å². The van der Waals surface area contributed by atoms with Crippen LogP contribution >= 0.6 is 0 Å². The van der Waals surface area contributed by atoms with E-state index in [0.717, 1.165) is 12.8 Å². The van der Waals surface area contributed by atoms with E-state index >= 15 is 0 Å². The lowest BCUT2D eigenvalue weighted by atomic mass is 10.0. The van der Waals surface area contributed by atoms with E-state index in [9.17, 15) is 5.11 Å². The van der Waals surface area contributed by atoms with Gasteiger partial charge in [-0.3, -0.25) is 0 Å². The third-order valence-corrected chi connectivity index (χ3v) is 2.78. The van der Waals surface area contributed by atoms with Crippen molar-refractivity contribution in [2.75, 3.05) is 0 Å². The SMILES string of the molecule is CCCCc1ccc(C[C@@H](O)CC)cc1. The summed E-state index contributed by atoms with van der Waals surface area (Å²) in [6, 6.07) is 8.66. The monoisotopic (exact) mass is 206 g/mol. The Balaban J connectivity index is 2.48. The van der Waals surface area contributed by atoms with Crippen molar-refractivity contribution in [2.24, 2.45) is 0 Å². The predicted octanol–water partition coefficient (Wildman–Crippen LogP) is 3.34. The molecule has 15 heavy (non-hydrogen) atoms. The van der Waals surface area contributed by atoms with E-state index in [1.807, 2.05) is 6.92 Å². The molecule has 1 rings (SSSR count). The Kier molecular flexibility index (Phi) is 5.41.